The third-order valence-corrected chi connectivity index (χ3v) is 3.87. The Hall–Kier alpha value is -1.16. The molecule has 1 fully saturated rings. The Labute approximate surface area is 116 Å². The maximum absolute atomic E-state index is 4.49. The number of likely N-dealkylation sites (tertiary alicyclic amines) is 1. The van der Waals surface area contributed by atoms with Crippen molar-refractivity contribution in [3.63, 3.8) is 0 Å². The third kappa shape index (κ3) is 3.66. The van der Waals surface area contributed by atoms with E-state index in [0.717, 1.165) is 30.4 Å². The van der Waals surface area contributed by atoms with Gasteiger partial charge in [0.2, 0.25) is 0 Å². The predicted molar refractivity (Wildman–Crippen MR) is 79.6 cm³/mol. The summed E-state index contributed by atoms with van der Waals surface area (Å²) < 4.78 is 0. The first-order valence-electron chi connectivity index (χ1n) is 7.43. The van der Waals surface area contributed by atoms with E-state index in [-0.39, 0.29) is 0 Å². The van der Waals surface area contributed by atoms with Crippen molar-refractivity contribution in [2.45, 2.75) is 52.5 Å². The topological polar surface area (TPSA) is 41.0 Å². The second kappa shape index (κ2) is 6.33. The largest absolute Gasteiger partial charge is 0.368 e. The monoisotopic (exact) mass is 262 g/mol. The van der Waals surface area contributed by atoms with Gasteiger partial charge in [-0.3, -0.25) is 4.90 Å². The number of anilines is 1. The number of aromatic nitrogens is 2. The first-order chi connectivity index (χ1) is 9.10. The molecule has 1 aliphatic rings. The number of hydrogen-bond donors (Lipinski definition) is 1. The van der Waals surface area contributed by atoms with Gasteiger partial charge < -0.3 is 5.32 Å². The lowest BCUT2D eigenvalue weighted by Crippen LogP contribution is -2.34. The lowest BCUT2D eigenvalue weighted by molar-refractivity contribution is 0.277. The fraction of sp³-hybridized carbons (Fsp3) is 0.733. The lowest BCUT2D eigenvalue weighted by atomic mass is 10.1. The normalized spacial score (nSPS) is 20.2. The summed E-state index contributed by atoms with van der Waals surface area (Å²) in [6, 6.07) is 2.74. The molecule has 106 valence electrons. The molecule has 4 heteroatoms. The van der Waals surface area contributed by atoms with E-state index in [0.29, 0.717) is 12.0 Å². The Morgan fingerprint density at radius 2 is 2.21 bits per heavy atom. The van der Waals surface area contributed by atoms with Gasteiger partial charge in [0, 0.05) is 24.3 Å². The van der Waals surface area contributed by atoms with E-state index in [2.05, 4.69) is 47.0 Å². The smallest absolute Gasteiger partial charge is 0.129 e. The van der Waals surface area contributed by atoms with Gasteiger partial charge in [0.1, 0.15) is 11.6 Å². The Balaban J connectivity index is 1.99. The summed E-state index contributed by atoms with van der Waals surface area (Å²) in [7, 11) is 0. The van der Waals surface area contributed by atoms with Crippen molar-refractivity contribution in [3.05, 3.63) is 17.6 Å². The Kier molecular flexibility index (Phi) is 4.75. The molecule has 2 heterocycles. The molecular formula is C15H26N4. The average molecular weight is 262 g/mol. The second-order valence-electron chi connectivity index (χ2n) is 5.69. The van der Waals surface area contributed by atoms with Crippen molar-refractivity contribution >= 4 is 5.82 Å². The molecule has 1 aliphatic heterocycles. The van der Waals surface area contributed by atoms with Crippen LogP contribution in [-0.2, 0) is 0 Å². The van der Waals surface area contributed by atoms with Crippen LogP contribution in [0.15, 0.2) is 6.07 Å². The number of nitrogens with one attached hydrogen (secondary N) is 1. The zero-order chi connectivity index (χ0) is 13.8. The molecule has 1 atom stereocenters. The molecule has 0 spiro atoms. The summed E-state index contributed by atoms with van der Waals surface area (Å²) in [6.45, 7) is 11.9. The van der Waals surface area contributed by atoms with Crippen LogP contribution < -0.4 is 5.32 Å². The minimum Gasteiger partial charge on any atom is -0.368 e. The van der Waals surface area contributed by atoms with Gasteiger partial charge in [-0.15, -0.1) is 0 Å². The summed E-state index contributed by atoms with van der Waals surface area (Å²) in [5.74, 6) is 2.27. The standard InChI is InChI=1S/C15H26N4/c1-5-19-8-6-7-13(19)10-16-15-9-14(11(2)3)17-12(4)18-15/h9,11,13H,5-8,10H2,1-4H3,(H,16,17,18)/t13-/m0/s1. The Bertz CT molecular complexity index is 417. The highest BCUT2D eigenvalue weighted by Crippen LogP contribution is 2.19. The van der Waals surface area contributed by atoms with E-state index in [1.807, 2.05) is 6.92 Å². The molecule has 0 radical (unpaired) electrons. The third-order valence-electron chi connectivity index (χ3n) is 3.87. The highest BCUT2D eigenvalue weighted by atomic mass is 15.2. The maximum Gasteiger partial charge on any atom is 0.129 e. The molecule has 1 N–H and O–H groups in total. The van der Waals surface area contributed by atoms with Gasteiger partial charge in [-0.1, -0.05) is 20.8 Å². The van der Waals surface area contributed by atoms with Crippen LogP contribution in [0.25, 0.3) is 0 Å². The Morgan fingerprint density at radius 1 is 1.42 bits per heavy atom. The zero-order valence-corrected chi connectivity index (χ0v) is 12.6. The molecule has 19 heavy (non-hydrogen) atoms. The van der Waals surface area contributed by atoms with Crippen LogP contribution >= 0.6 is 0 Å². The van der Waals surface area contributed by atoms with Gasteiger partial charge in [0.15, 0.2) is 0 Å². The van der Waals surface area contributed by atoms with Crippen molar-refractivity contribution in [2.24, 2.45) is 0 Å². The first-order valence-corrected chi connectivity index (χ1v) is 7.43. The zero-order valence-electron chi connectivity index (χ0n) is 12.6. The minimum atomic E-state index is 0.445. The van der Waals surface area contributed by atoms with Crippen molar-refractivity contribution in [2.75, 3.05) is 25.0 Å². The molecule has 0 aromatic carbocycles. The van der Waals surface area contributed by atoms with E-state index in [1.54, 1.807) is 0 Å². The summed E-state index contributed by atoms with van der Waals surface area (Å²) >= 11 is 0. The van der Waals surface area contributed by atoms with Crippen molar-refractivity contribution in [1.82, 2.24) is 14.9 Å². The molecule has 1 saturated heterocycles. The molecule has 1 aromatic heterocycles. The molecule has 0 saturated carbocycles. The van der Waals surface area contributed by atoms with Crippen molar-refractivity contribution < 1.29 is 0 Å². The van der Waals surface area contributed by atoms with Crippen LogP contribution in [0.2, 0.25) is 0 Å². The maximum atomic E-state index is 4.49. The van der Waals surface area contributed by atoms with E-state index >= 15 is 0 Å². The number of hydrogen-bond acceptors (Lipinski definition) is 4. The quantitative estimate of drug-likeness (QED) is 0.886. The SMILES string of the molecule is CCN1CCC[C@H]1CNc1cc(C(C)C)nc(C)n1. The van der Waals surface area contributed by atoms with Crippen LogP contribution in [0.4, 0.5) is 5.82 Å². The van der Waals surface area contributed by atoms with Crippen LogP contribution in [-0.4, -0.2) is 40.5 Å². The molecule has 0 unspecified atom stereocenters. The molecule has 0 bridgehead atoms. The van der Waals surface area contributed by atoms with Gasteiger partial charge >= 0.3 is 0 Å². The fourth-order valence-electron chi connectivity index (χ4n) is 2.74. The molecule has 2 rings (SSSR count). The van der Waals surface area contributed by atoms with Gasteiger partial charge in [-0.2, -0.15) is 0 Å². The molecule has 4 nitrogen and oxygen atoms in total. The van der Waals surface area contributed by atoms with E-state index in [4.69, 9.17) is 0 Å². The number of aryl methyl sites for hydroxylation is 1. The summed E-state index contributed by atoms with van der Waals surface area (Å²) in [6.07, 6.45) is 2.61. The van der Waals surface area contributed by atoms with E-state index in [1.165, 1.54) is 19.4 Å². The average Bonchev–Trinajstić information content (AvgIpc) is 2.83. The summed E-state index contributed by atoms with van der Waals surface area (Å²) in [5, 5.41) is 3.49. The number of likely N-dealkylation sites (N-methyl/N-ethyl adjacent to an activating group) is 1. The predicted octanol–water partition coefficient (Wildman–Crippen LogP) is 2.80. The van der Waals surface area contributed by atoms with Crippen LogP contribution in [0.1, 0.15) is 51.0 Å². The number of nitrogens with zero attached hydrogens (tertiary/aromatic N) is 3. The highest BCUT2D eigenvalue weighted by Gasteiger charge is 2.22. The van der Waals surface area contributed by atoms with Crippen LogP contribution in [0, 0.1) is 6.92 Å². The van der Waals surface area contributed by atoms with Crippen molar-refractivity contribution in [1.29, 1.82) is 0 Å². The minimum absolute atomic E-state index is 0.445. The number of rotatable bonds is 5. The van der Waals surface area contributed by atoms with Crippen molar-refractivity contribution in [3.8, 4) is 0 Å². The molecule has 0 amide bonds. The van der Waals surface area contributed by atoms with E-state index < -0.39 is 0 Å². The van der Waals surface area contributed by atoms with E-state index in [9.17, 15) is 0 Å². The van der Waals surface area contributed by atoms with Crippen LogP contribution in [0.3, 0.4) is 0 Å². The fourth-order valence-corrected chi connectivity index (χ4v) is 2.74. The Morgan fingerprint density at radius 3 is 2.89 bits per heavy atom. The van der Waals surface area contributed by atoms with Gasteiger partial charge in [-0.25, -0.2) is 9.97 Å². The summed E-state index contributed by atoms with van der Waals surface area (Å²) in [5.41, 5.74) is 1.12. The molecular weight excluding hydrogens is 236 g/mol. The van der Waals surface area contributed by atoms with Gasteiger partial charge in [-0.05, 0) is 38.8 Å². The highest BCUT2D eigenvalue weighted by molar-refractivity contribution is 5.37. The molecule has 1 aromatic rings. The lowest BCUT2D eigenvalue weighted by Gasteiger charge is -2.23. The second-order valence-corrected chi connectivity index (χ2v) is 5.69. The van der Waals surface area contributed by atoms with Gasteiger partial charge in [0.05, 0.1) is 0 Å². The first kappa shape index (κ1) is 14.3. The molecule has 0 aliphatic carbocycles. The van der Waals surface area contributed by atoms with Gasteiger partial charge in [0.25, 0.3) is 0 Å². The summed E-state index contributed by atoms with van der Waals surface area (Å²) in [4.78, 5) is 11.5. The van der Waals surface area contributed by atoms with Crippen LogP contribution in [0.5, 0.6) is 0 Å².